The third kappa shape index (κ3) is 3.25. The highest BCUT2D eigenvalue weighted by atomic mass is 32.2. The molecule has 1 aliphatic rings. The molecule has 0 aliphatic carbocycles. The number of rotatable bonds is 4. The number of nitrogens with zero attached hydrogens (tertiary/aromatic N) is 2. The molecule has 22 heavy (non-hydrogen) atoms. The van der Waals surface area contributed by atoms with Gasteiger partial charge in [-0.05, 0) is 29.5 Å². The number of sulfonamides is 1. The van der Waals surface area contributed by atoms with Crippen LogP contribution in [0.25, 0.3) is 0 Å². The molecule has 0 saturated carbocycles. The SMILES string of the molecule is Cc1ccccc1CN1CCN(S(=O)(=O)c2cccs2)CC1. The molecular weight excluding hydrogens is 316 g/mol. The van der Waals surface area contributed by atoms with Crippen molar-refractivity contribution in [3.8, 4) is 0 Å². The summed E-state index contributed by atoms with van der Waals surface area (Å²) in [5, 5.41) is 1.81. The summed E-state index contributed by atoms with van der Waals surface area (Å²) < 4.78 is 27.0. The van der Waals surface area contributed by atoms with E-state index in [4.69, 9.17) is 0 Å². The van der Waals surface area contributed by atoms with Gasteiger partial charge in [0, 0.05) is 32.7 Å². The Balaban J connectivity index is 1.62. The van der Waals surface area contributed by atoms with Crippen molar-refractivity contribution in [3.63, 3.8) is 0 Å². The third-order valence-electron chi connectivity index (χ3n) is 4.08. The first kappa shape index (κ1) is 15.7. The summed E-state index contributed by atoms with van der Waals surface area (Å²) in [6, 6.07) is 11.8. The van der Waals surface area contributed by atoms with Crippen molar-refractivity contribution in [2.45, 2.75) is 17.7 Å². The van der Waals surface area contributed by atoms with E-state index in [1.54, 1.807) is 21.8 Å². The zero-order valence-corrected chi connectivity index (χ0v) is 14.2. The standard InChI is InChI=1S/C16H20N2O2S2/c1-14-5-2-3-6-15(14)13-17-8-10-18(11-9-17)22(19,20)16-7-4-12-21-16/h2-7,12H,8-11,13H2,1H3. The summed E-state index contributed by atoms with van der Waals surface area (Å²) in [6.45, 7) is 5.68. The number of benzene rings is 1. The highest BCUT2D eigenvalue weighted by Gasteiger charge is 2.29. The van der Waals surface area contributed by atoms with Gasteiger partial charge in [0.05, 0.1) is 0 Å². The minimum absolute atomic E-state index is 0.444. The van der Waals surface area contributed by atoms with Gasteiger partial charge in [-0.3, -0.25) is 4.90 Å². The third-order valence-corrected chi connectivity index (χ3v) is 7.35. The normalized spacial score (nSPS) is 17.7. The lowest BCUT2D eigenvalue weighted by atomic mass is 10.1. The maximum atomic E-state index is 12.5. The molecule has 0 spiro atoms. The molecule has 0 bridgehead atoms. The molecule has 0 atom stereocenters. The molecule has 1 saturated heterocycles. The van der Waals surface area contributed by atoms with Crippen LogP contribution in [0, 0.1) is 6.92 Å². The lowest BCUT2D eigenvalue weighted by Crippen LogP contribution is -2.48. The van der Waals surface area contributed by atoms with E-state index in [1.807, 2.05) is 6.07 Å². The van der Waals surface area contributed by atoms with Crippen LogP contribution in [0.3, 0.4) is 0 Å². The molecule has 1 aromatic heterocycles. The minimum atomic E-state index is -3.30. The lowest BCUT2D eigenvalue weighted by molar-refractivity contribution is 0.181. The van der Waals surface area contributed by atoms with Crippen molar-refractivity contribution in [2.24, 2.45) is 0 Å². The zero-order chi connectivity index (χ0) is 15.6. The Bertz CT molecular complexity index is 718. The molecule has 6 heteroatoms. The van der Waals surface area contributed by atoms with E-state index >= 15 is 0 Å². The van der Waals surface area contributed by atoms with E-state index in [0.717, 1.165) is 19.6 Å². The molecule has 0 N–H and O–H groups in total. The van der Waals surface area contributed by atoms with Crippen LogP contribution in [-0.4, -0.2) is 43.8 Å². The van der Waals surface area contributed by atoms with Crippen molar-refractivity contribution in [2.75, 3.05) is 26.2 Å². The molecular formula is C16H20N2O2S2. The molecule has 3 rings (SSSR count). The highest BCUT2D eigenvalue weighted by Crippen LogP contribution is 2.22. The maximum Gasteiger partial charge on any atom is 0.252 e. The van der Waals surface area contributed by atoms with E-state index in [1.165, 1.54) is 22.5 Å². The first-order valence-corrected chi connectivity index (χ1v) is 9.70. The molecule has 1 aliphatic heterocycles. The molecule has 0 unspecified atom stereocenters. The largest absolute Gasteiger partial charge is 0.296 e. The smallest absolute Gasteiger partial charge is 0.252 e. The Hall–Kier alpha value is -1.21. The first-order chi connectivity index (χ1) is 10.6. The fourth-order valence-corrected chi connectivity index (χ4v) is 5.26. The van der Waals surface area contributed by atoms with Gasteiger partial charge < -0.3 is 0 Å². The van der Waals surface area contributed by atoms with Gasteiger partial charge in [-0.25, -0.2) is 8.42 Å². The number of thiophene rings is 1. The molecule has 0 radical (unpaired) electrons. The monoisotopic (exact) mass is 336 g/mol. The van der Waals surface area contributed by atoms with Crippen molar-refractivity contribution >= 4 is 21.4 Å². The highest BCUT2D eigenvalue weighted by molar-refractivity contribution is 7.91. The van der Waals surface area contributed by atoms with Gasteiger partial charge in [-0.1, -0.05) is 30.3 Å². The van der Waals surface area contributed by atoms with Gasteiger partial charge in [0.15, 0.2) is 0 Å². The van der Waals surface area contributed by atoms with Gasteiger partial charge in [-0.2, -0.15) is 4.31 Å². The second-order valence-corrected chi connectivity index (χ2v) is 8.65. The summed E-state index contributed by atoms with van der Waals surface area (Å²) in [5.41, 5.74) is 2.60. The van der Waals surface area contributed by atoms with Crippen LogP contribution >= 0.6 is 11.3 Å². The van der Waals surface area contributed by atoms with E-state index in [-0.39, 0.29) is 0 Å². The van der Waals surface area contributed by atoms with Crippen LogP contribution < -0.4 is 0 Å². The zero-order valence-electron chi connectivity index (χ0n) is 12.6. The van der Waals surface area contributed by atoms with Crippen molar-refractivity contribution in [1.82, 2.24) is 9.21 Å². The van der Waals surface area contributed by atoms with E-state index in [0.29, 0.717) is 17.3 Å². The predicted molar refractivity (Wildman–Crippen MR) is 89.5 cm³/mol. The van der Waals surface area contributed by atoms with E-state index in [9.17, 15) is 8.42 Å². The molecule has 0 amide bonds. The van der Waals surface area contributed by atoms with Crippen LogP contribution in [0.15, 0.2) is 46.0 Å². The van der Waals surface area contributed by atoms with Crippen LogP contribution in [0.4, 0.5) is 0 Å². The second kappa shape index (κ2) is 6.50. The number of piperazine rings is 1. The number of hydrogen-bond donors (Lipinski definition) is 0. The average Bonchev–Trinajstić information content (AvgIpc) is 3.05. The quantitative estimate of drug-likeness (QED) is 0.861. The van der Waals surface area contributed by atoms with E-state index < -0.39 is 10.0 Å². The predicted octanol–water partition coefficient (Wildman–Crippen LogP) is 2.56. The second-order valence-electron chi connectivity index (χ2n) is 5.54. The van der Waals surface area contributed by atoms with Gasteiger partial charge in [-0.15, -0.1) is 11.3 Å². The molecule has 1 fully saturated rings. The van der Waals surface area contributed by atoms with Crippen molar-refractivity contribution in [3.05, 3.63) is 52.9 Å². The van der Waals surface area contributed by atoms with Gasteiger partial charge in [0.25, 0.3) is 10.0 Å². The van der Waals surface area contributed by atoms with Crippen molar-refractivity contribution in [1.29, 1.82) is 0 Å². The van der Waals surface area contributed by atoms with Gasteiger partial charge in [0.2, 0.25) is 0 Å². The Morgan fingerprint density at radius 1 is 1.05 bits per heavy atom. The summed E-state index contributed by atoms with van der Waals surface area (Å²) in [5.74, 6) is 0. The topological polar surface area (TPSA) is 40.6 Å². The van der Waals surface area contributed by atoms with Crippen LogP contribution in [0.1, 0.15) is 11.1 Å². The molecule has 4 nitrogen and oxygen atoms in total. The van der Waals surface area contributed by atoms with Crippen LogP contribution in [0.5, 0.6) is 0 Å². The van der Waals surface area contributed by atoms with E-state index in [2.05, 4.69) is 30.0 Å². The Morgan fingerprint density at radius 3 is 2.41 bits per heavy atom. The fourth-order valence-electron chi connectivity index (χ4n) is 2.69. The molecule has 118 valence electrons. The number of hydrogen-bond acceptors (Lipinski definition) is 4. The van der Waals surface area contributed by atoms with Gasteiger partial charge in [0.1, 0.15) is 4.21 Å². The molecule has 1 aromatic carbocycles. The lowest BCUT2D eigenvalue weighted by Gasteiger charge is -2.33. The summed E-state index contributed by atoms with van der Waals surface area (Å²) in [7, 11) is -3.30. The Morgan fingerprint density at radius 2 is 1.77 bits per heavy atom. The Labute approximate surface area is 136 Å². The molecule has 2 aromatic rings. The maximum absolute atomic E-state index is 12.5. The Kier molecular flexibility index (Phi) is 4.63. The van der Waals surface area contributed by atoms with Gasteiger partial charge >= 0.3 is 0 Å². The number of aryl methyl sites for hydroxylation is 1. The van der Waals surface area contributed by atoms with Crippen molar-refractivity contribution < 1.29 is 8.42 Å². The summed E-state index contributed by atoms with van der Waals surface area (Å²) in [4.78, 5) is 2.32. The first-order valence-electron chi connectivity index (χ1n) is 7.38. The summed E-state index contributed by atoms with van der Waals surface area (Å²) in [6.07, 6.45) is 0. The van der Waals surface area contributed by atoms with Crippen LogP contribution in [-0.2, 0) is 16.6 Å². The minimum Gasteiger partial charge on any atom is -0.296 e. The average molecular weight is 336 g/mol. The molecule has 2 heterocycles. The van der Waals surface area contributed by atoms with Crippen LogP contribution in [0.2, 0.25) is 0 Å². The fraction of sp³-hybridized carbons (Fsp3) is 0.375. The summed E-state index contributed by atoms with van der Waals surface area (Å²) >= 11 is 1.29.